The van der Waals surface area contributed by atoms with Gasteiger partial charge in [0.2, 0.25) is 0 Å². The van der Waals surface area contributed by atoms with Gasteiger partial charge in [-0.25, -0.2) is 4.79 Å². The number of fused-ring (bicyclic) bond motifs is 1. The van der Waals surface area contributed by atoms with Gasteiger partial charge in [0.05, 0.1) is 12.2 Å². The van der Waals surface area contributed by atoms with Crippen molar-refractivity contribution in [3.8, 4) is 0 Å². The minimum Gasteiger partial charge on any atom is -0.462 e. The summed E-state index contributed by atoms with van der Waals surface area (Å²) in [7, 11) is 0. The molecule has 21 heavy (non-hydrogen) atoms. The largest absolute Gasteiger partial charge is 0.462 e. The summed E-state index contributed by atoms with van der Waals surface area (Å²) in [5, 5.41) is 0. The summed E-state index contributed by atoms with van der Waals surface area (Å²) < 4.78 is 7.24. The molecule has 0 aliphatic rings. The van der Waals surface area contributed by atoms with Crippen LogP contribution >= 0.6 is 0 Å². The number of rotatable bonds is 4. The van der Waals surface area contributed by atoms with E-state index in [9.17, 15) is 4.79 Å². The second-order valence-electron chi connectivity index (χ2n) is 4.88. The molecule has 0 atom stereocenters. The van der Waals surface area contributed by atoms with Crippen LogP contribution in [0.1, 0.15) is 28.5 Å². The fraction of sp³-hybridized carbons (Fsp3) is 0.167. The van der Waals surface area contributed by atoms with E-state index in [4.69, 9.17) is 4.74 Å². The normalized spacial score (nSPS) is 10.7. The minimum absolute atomic E-state index is 0.257. The first-order valence-electron chi connectivity index (χ1n) is 7.09. The Hall–Kier alpha value is -2.55. The Labute approximate surface area is 123 Å². The minimum atomic E-state index is -0.257. The summed E-state index contributed by atoms with van der Waals surface area (Å²) in [4.78, 5) is 12.2. The van der Waals surface area contributed by atoms with Gasteiger partial charge in [-0.3, -0.25) is 0 Å². The maximum atomic E-state index is 12.2. The highest BCUT2D eigenvalue weighted by Gasteiger charge is 2.17. The molecule has 3 rings (SSSR count). The topological polar surface area (TPSA) is 30.7 Å². The van der Waals surface area contributed by atoms with Gasteiger partial charge in [-0.2, -0.15) is 0 Å². The lowest BCUT2D eigenvalue weighted by Gasteiger charge is -2.07. The number of esters is 1. The van der Waals surface area contributed by atoms with Gasteiger partial charge in [-0.15, -0.1) is 0 Å². The molecular formula is C18H17NO2. The number of nitrogens with zero attached hydrogens (tertiary/aromatic N) is 1. The van der Waals surface area contributed by atoms with E-state index in [1.165, 1.54) is 5.56 Å². The molecule has 2 heterocycles. The maximum absolute atomic E-state index is 12.2. The summed E-state index contributed by atoms with van der Waals surface area (Å²) >= 11 is 0. The molecule has 0 unspecified atom stereocenters. The second kappa shape index (κ2) is 5.83. The van der Waals surface area contributed by atoms with Crippen molar-refractivity contribution in [2.45, 2.75) is 13.3 Å². The maximum Gasteiger partial charge on any atom is 0.340 e. The van der Waals surface area contributed by atoms with Gasteiger partial charge in [0.15, 0.2) is 0 Å². The van der Waals surface area contributed by atoms with Crippen LogP contribution in [0.5, 0.6) is 0 Å². The summed E-state index contributed by atoms with van der Waals surface area (Å²) in [5.74, 6) is -0.257. The standard InChI is InChI=1S/C18H17NO2/c1-2-21-18(20)16-13-15-10-6-7-11-19(15)17(16)12-14-8-4-3-5-9-14/h3-11,13H,2,12H2,1H3. The first-order chi connectivity index (χ1) is 10.3. The molecule has 3 aromatic rings. The van der Waals surface area contributed by atoms with Gasteiger partial charge in [0, 0.05) is 23.8 Å². The molecule has 0 amide bonds. The van der Waals surface area contributed by atoms with Crippen molar-refractivity contribution >= 4 is 11.5 Å². The predicted octanol–water partition coefficient (Wildman–Crippen LogP) is 3.71. The van der Waals surface area contributed by atoms with Crippen LogP contribution in [0.4, 0.5) is 0 Å². The molecule has 2 aromatic heterocycles. The molecule has 3 nitrogen and oxygen atoms in total. The Kier molecular flexibility index (Phi) is 3.73. The summed E-state index contributed by atoms with van der Waals surface area (Å²) in [6.45, 7) is 2.21. The van der Waals surface area contributed by atoms with Crippen LogP contribution in [0.25, 0.3) is 5.52 Å². The average molecular weight is 279 g/mol. The Morgan fingerprint density at radius 2 is 1.86 bits per heavy atom. The molecule has 0 saturated heterocycles. The van der Waals surface area contributed by atoms with Gasteiger partial charge in [-0.05, 0) is 30.7 Å². The number of benzene rings is 1. The molecule has 1 aromatic carbocycles. The quantitative estimate of drug-likeness (QED) is 0.682. The van der Waals surface area contributed by atoms with E-state index in [2.05, 4.69) is 16.5 Å². The van der Waals surface area contributed by atoms with Crippen molar-refractivity contribution in [3.63, 3.8) is 0 Å². The first-order valence-corrected chi connectivity index (χ1v) is 7.09. The highest BCUT2D eigenvalue weighted by molar-refractivity contribution is 5.93. The van der Waals surface area contributed by atoms with Crippen molar-refractivity contribution in [1.29, 1.82) is 0 Å². The van der Waals surface area contributed by atoms with Gasteiger partial charge < -0.3 is 9.14 Å². The smallest absolute Gasteiger partial charge is 0.340 e. The zero-order valence-electron chi connectivity index (χ0n) is 12.0. The molecule has 0 N–H and O–H groups in total. The van der Waals surface area contributed by atoms with E-state index in [0.29, 0.717) is 18.6 Å². The lowest BCUT2D eigenvalue weighted by molar-refractivity contribution is 0.0525. The van der Waals surface area contributed by atoms with E-state index < -0.39 is 0 Å². The van der Waals surface area contributed by atoms with Crippen LogP contribution in [0.3, 0.4) is 0 Å². The third-order valence-corrected chi connectivity index (χ3v) is 3.50. The van der Waals surface area contributed by atoms with E-state index in [-0.39, 0.29) is 5.97 Å². The van der Waals surface area contributed by atoms with Crippen LogP contribution in [-0.4, -0.2) is 17.0 Å². The monoisotopic (exact) mass is 279 g/mol. The molecule has 0 radical (unpaired) electrons. The zero-order valence-corrected chi connectivity index (χ0v) is 12.0. The van der Waals surface area contributed by atoms with Gasteiger partial charge in [-0.1, -0.05) is 36.4 Å². The third-order valence-electron chi connectivity index (χ3n) is 3.50. The zero-order chi connectivity index (χ0) is 14.7. The van der Waals surface area contributed by atoms with Crippen LogP contribution in [0.15, 0.2) is 60.8 Å². The molecule has 106 valence electrons. The van der Waals surface area contributed by atoms with Crippen molar-refractivity contribution in [1.82, 2.24) is 4.40 Å². The second-order valence-corrected chi connectivity index (χ2v) is 4.88. The van der Waals surface area contributed by atoms with Crippen molar-refractivity contribution < 1.29 is 9.53 Å². The highest BCUT2D eigenvalue weighted by Crippen LogP contribution is 2.21. The molecule has 0 aliphatic heterocycles. The molecule has 0 spiro atoms. The number of aromatic nitrogens is 1. The van der Waals surface area contributed by atoms with Gasteiger partial charge in [0.25, 0.3) is 0 Å². The van der Waals surface area contributed by atoms with Crippen LogP contribution in [0, 0.1) is 0 Å². The van der Waals surface area contributed by atoms with Crippen LogP contribution < -0.4 is 0 Å². The molecule has 0 bridgehead atoms. The Balaban J connectivity index is 2.09. The number of carbonyl (C=O) groups excluding carboxylic acids is 1. The molecule has 0 fully saturated rings. The summed E-state index contributed by atoms with van der Waals surface area (Å²) in [5.41, 5.74) is 3.79. The van der Waals surface area contributed by atoms with Crippen molar-refractivity contribution in [3.05, 3.63) is 77.6 Å². The number of carbonyl (C=O) groups is 1. The fourth-order valence-corrected chi connectivity index (χ4v) is 2.54. The fourth-order valence-electron chi connectivity index (χ4n) is 2.54. The van der Waals surface area contributed by atoms with Gasteiger partial charge >= 0.3 is 5.97 Å². The van der Waals surface area contributed by atoms with Crippen LogP contribution in [-0.2, 0) is 11.2 Å². The lowest BCUT2D eigenvalue weighted by Crippen LogP contribution is -2.08. The summed E-state index contributed by atoms with van der Waals surface area (Å²) in [6.07, 6.45) is 2.68. The SMILES string of the molecule is CCOC(=O)c1cc2ccccn2c1Cc1ccccc1. The molecular weight excluding hydrogens is 262 g/mol. The third kappa shape index (κ3) is 2.68. The first kappa shape index (κ1) is 13.4. The Bertz CT molecular complexity index is 759. The number of hydrogen-bond acceptors (Lipinski definition) is 2. The van der Waals surface area contributed by atoms with Crippen LogP contribution in [0.2, 0.25) is 0 Å². The molecule has 0 saturated carbocycles. The van der Waals surface area contributed by atoms with E-state index in [1.807, 2.05) is 55.6 Å². The predicted molar refractivity (Wildman–Crippen MR) is 82.6 cm³/mol. The highest BCUT2D eigenvalue weighted by atomic mass is 16.5. The van der Waals surface area contributed by atoms with E-state index in [1.54, 1.807) is 0 Å². The Morgan fingerprint density at radius 1 is 1.10 bits per heavy atom. The van der Waals surface area contributed by atoms with E-state index >= 15 is 0 Å². The van der Waals surface area contributed by atoms with Crippen molar-refractivity contribution in [2.24, 2.45) is 0 Å². The molecule has 3 heteroatoms. The average Bonchev–Trinajstić information content (AvgIpc) is 2.88. The molecule has 0 aliphatic carbocycles. The van der Waals surface area contributed by atoms with Gasteiger partial charge in [0.1, 0.15) is 0 Å². The Morgan fingerprint density at radius 3 is 2.62 bits per heavy atom. The van der Waals surface area contributed by atoms with E-state index in [0.717, 1.165) is 11.2 Å². The summed E-state index contributed by atoms with van der Waals surface area (Å²) in [6, 6.07) is 18.0. The number of ether oxygens (including phenoxy) is 1. The van der Waals surface area contributed by atoms with Crippen molar-refractivity contribution in [2.75, 3.05) is 6.61 Å². The lowest BCUT2D eigenvalue weighted by atomic mass is 10.1. The number of hydrogen-bond donors (Lipinski definition) is 0. The number of pyridine rings is 1.